The molecule has 0 N–H and O–H groups in total. The van der Waals surface area contributed by atoms with Crippen molar-refractivity contribution in [1.82, 2.24) is 4.31 Å². The van der Waals surface area contributed by atoms with Gasteiger partial charge in [0.05, 0.1) is 10.6 Å². The van der Waals surface area contributed by atoms with Gasteiger partial charge in [-0.25, -0.2) is 17.5 Å². The van der Waals surface area contributed by atoms with E-state index in [0.29, 0.717) is 5.56 Å². The molecular formula is C19H20ClNO5S. The second kappa shape index (κ2) is 8.21. The summed E-state index contributed by atoms with van der Waals surface area (Å²) in [6, 6.07) is 9.24. The number of hydrogen-bond acceptors (Lipinski definition) is 5. The summed E-state index contributed by atoms with van der Waals surface area (Å²) < 4.78 is 30.6. The minimum Gasteiger partial charge on any atom is -0.454 e. The van der Waals surface area contributed by atoms with Crippen LogP contribution in [-0.4, -0.2) is 45.2 Å². The van der Waals surface area contributed by atoms with Crippen molar-refractivity contribution in [2.24, 2.45) is 0 Å². The van der Waals surface area contributed by atoms with Crippen LogP contribution in [-0.2, 0) is 14.8 Å². The Hall–Kier alpha value is -2.22. The van der Waals surface area contributed by atoms with Crippen LogP contribution in [0.1, 0.15) is 31.8 Å². The van der Waals surface area contributed by atoms with Crippen LogP contribution >= 0.6 is 11.6 Å². The minimum atomic E-state index is -3.82. The number of hydrogen-bond donors (Lipinski definition) is 0. The summed E-state index contributed by atoms with van der Waals surface area (Å²) in [7, 11) is -1.10. The van der Waals surface area contributed by atoms with Gasteiger partial charge in [0.1, 0.15) is 4.90 Å². The zero-order valence-electron chi connectivity index (χ0n) is 15.4. The second-order valence-electron chi connectivity index (χ2n) is 6.25. The Morgan fingerprint density at radius 2 is 1.74 bits per heavy atom. The smallest absolute Gasteiger partial charge is 0.338 e. The van der Waals surface area contributed by atoms with Crippen LogP contribution in [0.3, 0.4) is 0 Å². The Labute approximate surface area is 163 Å². The van der Waals surface area contributed by atoms with E-state index in [1.54, 1.807) is 13.0 Å². The molecule has 8 heteroatoms. The molecule has 0 bridgehead atoms. The third-order valence-corrected chi connectivity index (χ3v) is 6.25. The quantitative estimate of drug-likeness (QED) is 0.540. The van der Waals surface area contributed by atoms with E-state index in [1.165, 1.54) is 26.2 Å². The van der Waals surface area contributed by atoms with Crippen LogP contribution in [0.5, 0.6) is 0 Å². The zero-order chi connectivity index (χ0) is 20.4. The summed E-state index contributed by atoms with van der Waals surface area (Å²) in [5, 5.41) is -0.00767. The first kappa shape index (κ1) is 21.1. The number of benzene rings is 2. The molecule has 0 heterocycles. The predicted octanol–water partition coefficient (Wildman–Crippen LogP) is 3.25. The number of carbonyl (C=O) groups is 2. The summed E-state index contributed by atoms with van der Waals surface area (Å²) in [6.07, 6.45) is 0. The maximum atomic E-state index is 12.3. The van der Waals surface area contributed by atoms with Gasteiger partial charge in [-0.05, 0) is 43.7 Å². The van der Waals surface area contributed by atoms with Crippen molar-refractivity contribution in [1.29, 1.82) is 0 Å². The number of halogens is 1. The first-order chi connectivity index (χ1) is 12.5. The van der Waals surface area contributed by atoms with Gasteiger partial charge >= 0.3 is 5.97 Å². The molecule has 0 amide bonds. The monoisotopic (exact) mass is 409 g/mol. The fourth-order valence-corrected chi connectivity index (χ4v) is 3.75. The number of ether oxygens (including phenoxy) is 1. The highest BCUT2D eigenvalue weighted by molar-refractivity contribution is 7.89. The zero-order valence-corrected chi connectivity index (χ0v) is 17.0. The van der Waals surface area contributed by atoms with Gasteiger partial charge in [-0.1, -0.05) is 29.3 Å². The third-order valence-electron chi connectivity index (χ3n) is 3.95. The Kier molecular flexibility index (Phi) is 6.41. The highest BCUT2D eigenvalue weighted by Gasteiger charge is 2.23. The maximum absolute atomic E-state index is 12.3. The highest BCUT2D eigenvalue weighted by Crippen LogP contribution is 2.25. The Bertz CT molecular complexity index is 999. The van der Waals surface area contributed by atoms with Gasteiger partial charge in [-0.2, -0.15) is 0 Å². The summed E-state index contributed by atoms with van der Waals surface area (Å²) in [6.45, 7) is 3.22. The lowest BCUT2D eigenvalue weighted by atomic mass is 10.0. The normalized spacial score (nSPS) is 11.5. The number of aryl methyl sites for hydroxylation is 2. The lowest BCUT2D eigenvalue weighted by Crippen LogP contribution is -2.23. The molecule has 0 radical (unpaired) electrons. The molecule has 0 fully saturated rings. The van der Waals surface area contributed by atoms with Crippen molar-refractivity contribution >= 4 is 33.4 Å². The summed E-state index contributed by atoms with van der Waals surface area (Å²) in [5.41, 5.74) is 2.18. The molecule has 27 heavy (non-hydrogen) atoms. The van der Waals surface area contributed by atoms with E-state index in [0.717, 1.165) is 21.5 Å². The molecule has 144 valence electrons. The fraction of sp³-hybridized carbons (Fsp3) is 0.263. The molecular weight excluding hydrogens is 390 g/mol. The largest absolute Gasteiger partial charge is 0.454 e. The van der Waals surface area contributed by atoms with Crippen LogP contribution in [0.15, 0.2) is 41.3 Å². The SMILES string of the molecule is Cc1ccc(C)c(C(=O)COC(=O)c2ccc(Cl)c(S(=O)(=O)N(C)C)c2)c1. The van der Waals surface area contributed by atoms with Crippen LogP contribution in [0.4, 0.5) is 0 Å². The molecule has 0 saturated carbocycles. The number of rotatable bonds is 6. The van der Waals surface area contributed by atoms with E-state index in [-0.39, 0.29) is 21.3 Å². The Balaban J connectivity index is 2.19. The first-order valence-corrected chi connectivity index (χ1v) is 9.85. The standard InChI is InChI=1S/C19H20ClNO5S/c1-12-5-6-13(2)15(9-12)17(22)11-26-19(23)14-7-8-16(20)18(10-14)27(24,25)21(3)4/h5-10H,11H2,1-4H3. The van der Waals surface area contributed by atoms with Gasteiger partial charge in [0.25, 0.3) is 0 Å². The fourth-order valence-electron chi connectivity index (χ4n) is 2.35. The van der Waals surface area contributed by atoms with Crippen molar-refractivity contribution in [2.45, 2.75) is 18.7 Å². The lowest BCUT2D eigenvalue weighted by Gasteiger charge is -2.13. The molecule has 0 aromatic heterocycles. The van der Waals surface area contributed by atoms with Gasteiger partial charge in [-0.3, -0.25) is 4.79 Å². The number of nitrogens with zero attached hydrogens (tertiary/aromatic N) is 1. The summed E-state index contributed by atoms with van der Waals surface area (Å²) in [5.74, 6) is -1.14. The van der Waals surface area contributed by atoms with Crippen molar-refractivity contribution < 1.29 is 22.7 Å². The molecule has 0 unspecified atom stereocenters. The van der Waals surface area contributed by atoms with Gasteiger partial charge in [0, 0.05) is 19.7 Å². The van der Waals surface area contributed by atoms with E-state index in [1.807, 2.05) is 19.1 Å². The van der Waals surface area contributed by atoms with E-state index < -0.39 is 22.6 Å². The van der Waals surface area contributed by atoms with E-state index >= 15 is 0 Å². The molecule has 2 aromatic carbocycles. The Morgan fingerprint density at radius 3 is 2.37 bits per heavy atom. The van der Waals surface area contributed by atoms with Crippen molar-refractivity contribution in [3.05, 3.63) is 63.7 Å². The molecule has 2 aromatic rings. The van der Waals surface area contributed by atoms with Crippen LogP contribution < -0.4 is 0 Å². The van der Waals surface area contributed by atoms with Gasteiger partial charge < -0.3 is 4.74 Å². The summed E-state index contributed by atoms with van der Waals surface area (Å²) in [4.78, 5) is 24.4. The molecule has 0 aliphatic rings. The topological polar surface area (TPSA) is 80.8 Å². The predicted molar refractivity (Wildman–Crippen MR) is 103 cm³/mol. The van der Waals surface area contributed by atoms with E-state index in [2.05, 4.69) is 0 Å². The van der Waals surface area contributed by atoms with Crippen molar-refractivity contribution in [3.8, 4) is 0 Å². The van der Waals surface area contributed by atoms with Gasteiger partial charge in [0.2, 0.25) is 15.8 Å². The van der Waals surface area contributed by atoms with Gasteiger partial charge in [0.15, 0.2) is 6.61 Å². The van der Waals surface area contributed by atoms with Crippen LogP contribution in [0.2, 0.25) is 5.02 Å². The number of carbonyl (C=O) groups excluding carboxylic acids is 2. The average Bonchev–Trinajstić information content (AvgIpc) is 2.61. The molecule has 0 aliphatic carbocycles. The van der Waals surface area contributed by atoms with Crippen molar-refractivity contribution in [3.63, 3.8) is 0 Å². The Morgan fingerprint density at radius 1 is 1.07 bits per heavy atom. The third kappa shape index (κ3) is 4.74. The van der Waals surface area contributed by atoms with Crippen molar-refractivity contribution in [2.75, 3.05) is 20.7 Å². The molecule has 0 aliphatic heterocycles. The number of sulfonamides is 1. The first-order valence-electron chi connectivity index (χ1n) is 8.03. The van der Waals surface area contributed by atoms with E-state index in [4.69, 9.17) is 16.3 Å². The minimum absolute atomic E-state index is 0.00594. The summed E-state index contributed by atoms with van der Waals surface area (Å²) >= 11 is 5.96. The average molecular weight is 410 g/mol. The number of Topliss-reactive ketones (excluding diaryl/α,β-unsaturated/α-hetero) is 1. The molecule has 2 rings (SSSR count). The number of esters is 1. The lowest BCUT2D eigenvalue weighted by molar-refractivity contribution is 0.0474. The molecule has 0 spiro atoms. The number of ketones is 1. The van der Waals surface area contributed by atoms with Gasteiger partial charge in [-0.15, -0.1) is 0 Å². The molecule has 0 atom stereocenters. The van der Waals surface area contributed by atoms with E-state index in [9.17, 15) is 18.0 Å². The molecule has 0 saturated heterocycles. The highest BCUT2D eigenvalue weighted by atomic mass is 35.5. The van der Waals surface area contributed by atoms with Crippen LogP contribution in [0.25, 0.3) is 0 Å². The van der Waals surface area contributed by atoms with Crippen LogP contribution in [0, 0.1) is 13.8 Å². The molecule has 6 nitrogen and oxygen atoms in total. The second-order valence-corrected chi connectivity index (χ2v) is 8.78. The maximum Gasteiger partial charge on any atom is 0.338 e.